The zero-order valence-electron chi connectivity index (χ0n) is 17.6. The SMILES string of the molecule is COc1cccc(C(=O)N2CCN(CCCc3ccccc3)CC2)c1.O=C(O)C(=O)O. The highest BCUT2D eigenvalue weighted by Crippen LogP contribution is 2.16. The highest BCUT2D eigenvalue weighted by Gasteiger charge is 2.22. The summed E-state index contributed by atoms with van der Waals surface area (Å²) in [6.07, 6.45) is 2.28. The lowest BCUT2D eigenvalue weighted by Crippen LogP contribution is -2.48. The van der Waals surface area contributed by atoms with Crippen LogP contribution in [0.2, 0.25) is 0 Å². The molecule has 1 saturated heterocycles. The minimum atomic E-state index is -1.82. The molecule has 0 aromatic heterocycles. The highest BCUT2D eigenvalue weighted by atomic mass is 16.5. The number of carboxylic acid groups (broad SMARTS) is 2. The number of carbonyl (C=O) groups excluding carboxylic acids is 1. The first-order chi connectivity index (χ1) is 14.9. The monoisotopic (exact) mass is 428 g/mol. The van der Waals surface area contributed by atoms with Crippen molar-refractivity contribution in [2.75, 3.05) is 39.8 Å². The summed E-state index contributed by atoms with van der Waals surface area (Å²) in [7, 11) is 1.62. The van der Waals surface area contributed by atoms with E-state index in [-0.39, 0.29) is 5.91 Å². The average Bonchev–Trinajstić information content (AvgIpc) is 2.80. The molecule has 0 spiro atoms. The third-order valence-electron chi connectivity index (χ3n) is 4.94. The van der Waals surface area contributed by atoms with Crippen LogP contribution in [0.3, 0.4) is 0 Å². The number of methoxy groups -OCH3 is 1. The molecule has 166 valence electrons. The molecule has 0 unspecified atom stereocenters. The fourth-order valence-corrected chi connectivity index (χ4v) is 3.26. The molecule has 0 atom stereocenters. The van der Waals surface area contributed by atoms with Crippen LogP contribution in [-0.4, -0.2) is 77.7 Å². The second-order valence-corrected chi connectivity index (χ2v) is 7.07. The fourth-order valence-electron chi connectivity index (χ4n) is 3.26. The molecule has 1 aliphatic heterocycles. The summed E-state index contributed by atoms with van der Waals surface area (Å²) in [6, 6.07) is 18.0. The molecule has 2 aromatic carbocycles. The molecule has 0 saturated carbocycles. The number of carboxylic acids is 2. The van der Waals surface area contributed by atoms with Gasteiger partial charge in [-0.05, 0) is 43.1 Å². The van der Waals surface area contributed by atoms with Crippen molar-refractivity contribution >= 4 is 17.8 Å². The van der Waals surface area contributed by atoms with E-state index >= 15 is 0 Å². The molecule has 1 heterocycles. The maximum absolute atomic E-state index is 12.6. The molecular weight excluding hydrogens is 400 g/mol. The van der Waals surface area contributed by atoms with E-state index < -0.39 is 11.9 Å². The largest absolute Gasteiger partial charge is 0.497 e. The van der Waals surface area contributed by atoms with Gasteiger partial charge in [0.2, 0.25) is 0 Å². The van der Waals surface area contributed by atoms with Crippen molar-refractivity contribution in [3.8, 4) is 5.75 Å². The summed E-state index contributed by atoms with van der Waals surface area (Å²) in [5.41, 5.74) is 2.10. The number of amides is 1. The van der Waals surface area contributed by atoms with Gasteiger partial charge < -0.3 is 19.8 Å². The molecule has 1 aliphatic rings. The van der Waals surface area contributed by atoms with Crippen LogP contribution in [0.1, 0.15) is 22.3 Å². The minimum Gasteiger partial charge on any atom is -0.497 e. The minimum absolute atomic E-state index is 0.0998. The number of carbonyl (C=O) groups is 3. The van der Waals surface area contributed by atoms with Crippen molar-refractivity contribution in [3.63, 3.8) is 0 Å². The Labute approximate surface area is 181 Å². The van der Waals surface area contributed by atoms with Crippen LogP contribution < -0.4 is 4.74 Å². The standard InChI is InChI=1S/C21H26N2O2.C2H2O4/c1-25-20-11-5-10-19(17-20)21(24)23-15-13-22(14-16-23)12-6-9-18-7-3-2-4-8-18;3-1(4)2(5)6/h2-5,7-8,10-11,17H,6,9,12-16H2,1H3;(H,3,4)(H,5,6). The van der Waals surface area contributed by atoms with Gasteiger partial charge in [0.1, 0.15) is 5.75 Å². The molecule has 31 heavy (non-hydrogen) atoms. The van der Waals surface area contributed by atoms with Gasteiger partial charge >= 0.3 is 11.9 Å². The Morgan fingerprint density at radius 1 is 0.903 bits per heavy atom. The van der Waals surface area contributed by atoms with Gasteiger partial charge in [-0.1, -0.05) is 36.4 Å². The maximum atomic E-state index is 12.6. The second-order valence-electron chi connectivity index (χ2n) is 7.07. The van der Waals surface area contributed by atoms with Gasteiger partial charge in [0.25, 0.3) is 5.91 Å². The number of aryl methyl sites for hydroxylation is 1. The van der Waals surface area contributed by atoms with Gasteiger partial charge in [-0.25, -0.2) is 9.59 Å². The van der Waals surface area contributed by atoms with Crippen LogP contribution in [0.25, 0.3) is 0 Å². The van der Waals surface area contributed by atoms with E-state index in [0.717, 1.165) is 51.3 Å². The fraction of sp³-hybridized carbons (Fsp3) is 0.348. The molecule has 1 amide bonds. The summed E-state index contributed by atoms with van der Waals surface area (Å²) < 4.78 is 5.21. The molecule has 0 radical (unpaired) electrons. The molecule has 0 aliphatic carbocycles. The van der Waals surface area contributed by atoms with E-state index in [1.807, 2.05) is 29.2 Å². The first kappa shape index (κ1) is 23.9. The second kappa shape index (κ2) is 12.3. The Hall–Kier alpha value is -3.39. The molecule has 1 fully saturated rings. The number of ether oxygens (including phenoxy) is 1. The average molecular weight is 428 g/mol. The predicted octanol–water partition coefficient (Wildman–Crippen LogP) is 2.24. The highest BCUT2D eigenvalue weighted by molar-refractivity contribution is 6.27. The summed E-state index contributed by atoms with van der Waals surface area (Å²) in [5, 5.41) is 14.8. The molecule has 8 heteroatoms. The Morgan fingerprint density at radius 2 is 1.55 bits per heavy atom. The van der Waals surface area contributed by atoms with E-state index in [2.05, 4.69) is 35.2 Å². The Balaban J connectivity index is 0.000000501. The van der Waals surface area contributed by atoms with E-state index in [4.69, 9.17) is 24.5 Å². The predicted molar refractivity (Wildman–Crippen MR) is 115 cm³/mol. The molecule has 2 aromatic rings. The van der Waals surface area contributed by atoms with Crippen LogP contribution in [0, 0.1) is 0 Å². The van der Waals surface area contributed by atoms with Gasteiger partial charge in [0.15, 0.2) is 0 Å². The number of benzene rings is 2. The normalized spacial score (nSPS) is 13.6. The van der Waals surface area contributed by atoms with Gasteiger partial charge in [0, 0.05) is 31.7 Å². The van der Waals surface area contributed by atoms with Crippen molar-refractivity contribution in [2.24, 2.45) is 0 Å². The van der Waals surface area contributed by atoms with E-state index in [1.54, 1.807) is 7.11 Å². The smallest absolute Gasteiger partial charge is 0.414 e. The van der Waals surface area contributed by atoms with Crippen LogP contribution in [0.15, 0.2) is 54.6 Å². The quantitative estimate of drug-likeness (QED) is 0.680. The van der Waals surface area contributed by atoms with Gasteiger partial charge in [0.05, 0.1) is 7.11 Å². The van der Waals surface area contributed by atoms with Crippen LogP contribution in [-0.2, 0) is 16.0 Å². The molecule has 2 N–H and O–H groups in total. The van der Waals surface area contributed by atoms with E-state index in [9.17, 15) is 4.79 Å². The number of hydrogen-bond donors (Lipinski definition) is 2. The first-order valence-corrected chi connectivity index (χ1v) is 10.1. The summed E-state index contributed by atoms with van der Waals surface area (Å²) in [5.74, 6) is -2.82. The third-order valence-corrected chi connectivity index (χ3v) is 4.94. The third kappa shape index (κ3) is 8.10. The summed E-state index contributed by atoms with van der Waals surface area (Å²) in [6.45, 7) is 4.58. The van der Waals surface area contributed by atoms with Crippen molar-refractivity contribution in [2.45, 2.75) is 12.8 Å². The Kier molecular flexibility index (Phi) is 9.51. The van der Waals surface area contributed by atoms with Crippen LogP contribution in [0.4, 0.5) is 0 Å². The molecule has 0 bridgehead atoms. The zero-order valence-corrected chi connectivity index (χ0v) is 17.6. The van der Waals surface area contributed by atoms with Crippen molar-refractivity contribution in [1.29, 1.82) is 0 Å². The number of piperazine rings is 1. The summed E-state index contributed by atoms with van der Waals surface area (Å²) >= 11 is 0. The molecular formula is C23H28N2O6. The van der Waals surface area contributed by atoms with Crippen LogP contribution >= 0.6 is 0 Å². The van der Waals surface area contributed by atoms with Gasteiger partial charge in [-0.3, -0.25) is 9.69 Å². The molecule has 3 rings (SSSR count). The lowest BCUT2D eigenvalue weighted by Gasteiger charge is -2.34. The number of hydrogen-bond acceptors (Lipinski definition) is 5. The Morgan fingerprint density at radius 3 is 2.13 bits per heavy atom. The Bertz CT molecular complexity index is 851. The van der Waals surface area contributed by atoms with Crippen LogP contribution in [0.5, 0.6) is 5.75 Å². The van der Waals surface area contributed by atoms with Gasteiger partial charge in [-0.15, -0.1) is 0 Å². The number of nitrogens with zero attached hydrogens (tertiary/aromatic N) is 2. The zero-order chi connectivity index (χ0) is 22.6. The number of aliphatic carboxylic acids is 2. The van der Waals surface area contributed by atoms with Crippen molar-refractivity contribution in [3.05, 3.63) is 65.7 Å². The van der Waals surface area contributed by atoms with Crippen molar-refractivity contribution < 1.29 is 29.3 Å². The van der Waals surface area contributed by atoms with Crippen molar-refractivity contribution in [1.82, 2.24) is 9.80 Å². The summed E-state index contributed by atoms with van der Waals surface area (Å²) in [4.78, 5) is 35.2. The van der Waals surface area contributed by atoms with E-state index in [1.165, 1.54) is 5.56 Å². The van der Waals surface area contributed by atoms with E-state index in [0.29, 0.717) is 5.56 Å². The first-order valence-electron chi connectivity index (χ1n) is 10.1. The number of rotatable bonds is 6. The topological polar surface area (TPSA) is 107 Å². The van der Waals surface area contributed by atoms with Gasteiger partial charge in [-0.2, -0.15) is 0 Å². The lowest BCUT2D eigenvalue weighted by atomic mass is 10.1. The maximum Gasteiger partial charge on any atom is 0.414 e. The lowest BCUT2D eigenvalue weighted by molar-refractivity contribution is -0.159. The molecule has 8 nitrogen and oxygen atoms in total.